The number of nitrogens with zero attached hydrogens (tertiary/aromatic N) is 3. The van der Waals surface area contributed by atoms with E-state index in [-0.39, 0.29) is 12.5 Å². The zero-order chi connectivity index (χ0) is 20.2. The summed E-state index contributed by atoms with van der Waals surface area (Å²) in [4.78, 5) is 19.4. The highest BCUT2D eigenvalue weighted by atomic mass is 16.5. The minimum absolute atomic E-state index is 0.0824. The lowest BCUT2D eigenvalue weighted by molar-refractivity contribution is -0.135. The van der Waals surface area contributed by atoms with Crippen molar-refractivity contribution in [2.75, 3.05) is 26.3 Å². The lowest BCUT2D eigenvalue weighted by Gasteiger charge is -2.27. The summed E-state index contributed by atoms with van der Waals surface area (Å²) >= 11 is 0. The van der Waals surface area contributed by atoms with Gasteiger partial charge in [-0.05, 0) is 35.7 Å². The molecule has 0 unspecified atom stereocenters. The lowest BCUT2D eigenvalue weighted by Crippen LogP contribution is -2.42. The summed E-state index contributed by atoms with van der Waals surface area (Å²) in [6, 6.07) is 16.0. The molecule has 0 N–H and O–H groups in total. The Labute approximate surface area is 171 Å². The first-order valence-electron chi connectivity index (χ1n) is 10.1. The number of benzene rings is 2. The standard InChI is InChI=1S/C23H27N3O3/c1-17(2)18-7-9-19(10-8-18)29-16-22-24-20-5-3-4-6-21(20)26(22)15-23(27)25-11-13-28-14-12-25/h3-10,17H,11-16H2,1-2H3. The second-order valence-corrected chi connectivity index (χ2v) is 7.61. The molecular formula is C23H27N3O3. The number of imidazole rings is 1. The van der Waals surface area contributed by atoms with Crippen molar-refractivity contribution in [3.8, 4) is 5.75 Å². The van der Waals surface area contributed by atoms with Gasteiger partial charge in [-0.15, -0.1) is 0 Å². The first-order chi connectivity index (χ1) is 14.1. The normalized spacial score (nSPS) is 14.5. The molecule has 2 heterocycles. The molecule has 4 rings (SSSR count). The Morgan fingerprint density at radius 3 is 2.55 bits per heavy atom. The topological polar surface area (TPSA) is 56.6 Å². The van der Waals surface area contributed by atoms with E-state index in [1.807, 2.05) is 45.9 Å². The number of carbonyl (C=O) groups is 1. The number of carbonyl (C=O) groups excluding carboxylic acids is 1. The second kappa shape index (κ2) is 8.66. The molecule has 1 aliphatic heterocycles. The van der Waals surface area contributed by atoms with Crippen molar-refractivity contribution in [1.29, 1.82) is 0 Å². The molecule has 3 aromatic rings. The molecule has 6 nitrogen and oxygen atoms in total. The zero-order valence-corrected chi connectivity index (χ0v) is 17.0. The van der Waals surface area contributed by atoms with Crippen molar-refractivity contribution < 1.29 is 14.3 Å². The fraction of sp³-hybridized carbons (Fsp3) is 0.391. The number of aromatic nitrogens is 2. The molecule has 1 aliphatic rings. The molecule has 1 aromatic heterocycles. The maximum Gasteiger partial charge on any atom is 0.242 e. The minimum atomic E-state index is 0.0824. The van der Waals surface area contributed by atoms with Gasteiger partial charge < -0.3 is 18.9 Å². The van der Waals surface area contributed by atoms with Crippen molar-refractivity contribution in [3.05, 3.63) is 59.9 Å². The van der Waals surface area contributed by atoms with Crippen LogP contribution in [0.3, 0.4) is 0 Å². The summed E-state index contributed by atoms with van der Waals surface area (Å²) < 4.78 is 13.3. The minimum Gasteiger partial charge on any atom is -0.486 e. The number of fused-ring (bicyclic) bond motifs is 1. The van der Waals surface area contributed by atoms with Crippen LogP contribution in [-0.4, -0.2) is 46.7 Å². The van der Waals surface area contributed by atoms with Crippen molar-refractivity contribution in [2.24, 2.45) is 0 Å². The van der Waals surface area contributed by atoms with Crippen LogP contribution in [0.4, 0.5) is 0 Å². The number of hydrogen-bond donors (Lipinski definition) is 0. The average molecular weight is 393 g/mol. The van der Waals surface area contributed by atoms with Gasteiger partial charge in [-0.2, -0.15) is 0 Å². The third-order valence-corrected chi connectivity index (χ3v) is 5.31. The van der Waals surface area contributed by atoms with E-state index in [9.17, 15) is 4.79 Å². The van der Waals surface area contributed by atoms with Crippen LogP contribution < -0.4 is 4.74 Å². The summed E-state index contributed by atoms with van der Waals surface area (Å²) in [5, 5.41) is 0. The number of para-hydroxylation sites is 2. The third kappa shape index (κ3) is 4.43. The Balaban J connectivity index is 1.53. The smallest absolute Gasteiger partial charge is 0.242 e. The van der Waals surface area contributed by atoms with Crippen LogP contribution in [0, 0.1) is 0 Å². The van der Waals surface area contributed by atoms with E-state index in [4.69, 9.17) is 14.5 Å². The molecule has 0 spiro atoms. The molecule has 1 amide bonds. The van der Waals surface area contributed by atoms with E-state index in [0.717, 1.165) is 22.6 Å². The van der Waals surface area contributed by atoms with E-state index in [2.05, 4.69) is 26.0 Å². The number of morpholine rings is 1. The summed E-state index contributed by atoms with van der Waals surface area (Å²) in [6.07, 6.45) is 0. The Bertz CT molecular complexity index is 973. The van der Waals surface area contributed by atoms with E-state index in [0.29, 0.717) is 38.8 Å². The molecular weight excluding hydrogens is 366 g/mol. The molecule has 0 atom stereocenters. The van der Waals surface area contributed by atoms with E-state index in [1.54, 1.807) is 0 Å². The van der Waals surface area contributed by atoms with Crippen LogP contribution in [0.5, 0.6) is 5.75 Å². The SMILES string of the molecule is CC(C)c1ccc(OCc2nc3ccccc3n2CC(=O)N2CCOCC2)cc1. The van der Waals surface area contributed by atoms with Gasteiger partial charge in [0.2, 0.25) is 5.91 Å². The highest BCUT2D eigenvalue weighted by Gasteiger charge is 2.20. The Kier molecular flexibility index (Phi) is 5.81. The summed E-state index contributed by atoms with van der Waals surface area (Å²) in [7, 11) is 0. The number of rotatable bonds is 6. The third-order valence-electron chi connectivity index (χ3n) is 5.31. The molecule has 1 saturated heterocycles. The maximum atomic E-state index is 12.8. The number of ether oxygens (including phenoxy) is 2. The lowest BCUT2D eigenvalue weighted by atomic mass is 10.0. The van der Waals surface area contributed by atoms with Gasteiger partial charge in [0.1, 0.15) is 24.7 Å². The fourth-order valence-corrected chi connectivity index (χ4v) is 3.56. The van der Waals surface area contributed by atoms with Gasteiger partial charge in [0.25, 0.3) is 0 Å². The molecule has 152 valence electrons. The van der Waals surface area contributed by atoms with E-state index < -0.39 is 0 Å². The van der Waals surface area contributed by atoms with Crippen molar-refractivity contribution in [3.63, 3.8) is 0 Å². The first kappa shape index (κ1) is 19.5. The van der Waals surface area contributed by atoms with Gasteiger partial charge in [-0.25, -0.2) is 4.98 Å². The largest absolute Gasteiger partial charge is 0.486 e. The highest BCUT2D eigenvalue weighted by molar-refractivity contribution is 5.81. The van der Waals surface area contributed by atoms with Crippen LogP contribution in [0.15, 0.2) is 48.5 Å². The summed E-state index contributed by atoms with van der Waals surface area (Å²) in [5.74, 6) is 2.12. The Hall–Kier alpha value is -2.86. The zero-order valence-electron chi connectivity index (χ0n) is 17.0. The Morgan fingerprint density at radius 1 is 1.10 bits per heavy atom. The van der Waals surface area contributed by atoms with Crippen LogP contribution in [0.25, 0.3) is 11.0 Å². The highest BCUT2D eigenvalue weighted by Crippen LogP contribution is 2.21. The van der Waals surface area contributed by atoms with Gasteiger partial charge in [0, 0.05) is 13.1 Å². The van der Waals surface area contributed by atoms with Crippen LogP contribution in [-0.2, 0) is 22.7 Å². The van der Waals surface area contributed by atoms with Gasteiger partial charge in [-0.1, -0.05) is 38.1 Å². The van der Waals surface area contributed by atoms with E-state index in [1.165, 1.54) is 5.56 Å². The predicted octanol–water partition coefficient (Wildman–Crippen LogP) is 3.60. The van der Waals surface area contributed by atoms with Gasteiger partial charge in [0.05, 0.1) is 24.2 Å². The van der Waals surface area contributed by atoms with Gasteiger partial charge in [0.15, 0.2) is 0 Å². The Morgan fingerprint density at radius 2 is 1.83 bits per heavy atom. The fourth-order valence-electron chi connectivity index (χ4n) is 3.56. The first-order valence-corrected chi connectivity index (χ1v) is 10.1. The van der Waals surface area contributed by atoms with Crippen LogP contribution in [0.2, 0.25) is 0 Å². The predicted molar refractivity (Wildman–Crippen MR) is 112 cm³/mol. The number of amides is 1. The summed E-state index contributed by atoms with van der Waals surface area (Å²) in [6.45, 7) is 7.38. The van der Waals surface area contributed by atoms with Crippen LogP contribution in [0.1, 0.15) is 31.2 Å². The molecule has 0 radical (unpaired) electrons. The van der Waals surface area contributed by atoms with Crippen molar-refractivity contribution >= 4 is 16.9 Å². The molecule has 0 saturated carbocycles. The average Bonchev–Trinajstić information content (AvgIpc) is 3.10. The van der Waals surface area contributed by atoms with Crippen LogP contribution >= 0.6 is 0 Å². The van der Waals surface area contributed by atoms with Crippen molar-refractivity contribution in [2.45, 2.75) is 32.9 Å². The molecule has 0 bridgehead atoms. The quantitative estimate of drug-likeness (QED) is 0.642. The second-order valence-electron chi connectivity index (χ2n) is 7.61. The molecule has 1 fully saturated rings. The maximum absolute atomic E-state index is 12.8. The van der Waals surface area contributed by atoms with Crippen molar-refractivity contribution in [1.82, 2.24) is 14.5 Å². The monoisotopic (exact) mass is 393 g/mol. The van der Waals surface area contributed by atoms with Gasteiger partial charge >= 0.3 is 0 Å². The molecule has 6 heteroatoms. The number of hydrogen-bond acceptors (Lipinski definition) is 4. The van der Waals surface area contributed by atoms with E-state index >= 15 is 0 Å². The van der Waals surface area contributed by atoms with Gasteiger partial charge in [-0.3, -0.25) is 4.79 Å². The summed E-state index contributed by atoms with van der Waals surface area (Å²) in [5.41, 5.74) is 3.10. The molecule has 0 aliphatic carbocycles. The molecule has 2 aromatic carbocycles. The molecule has 29 heavy (non-hydrogen) atoms.